The summed E-state index contributed by atoms with van der Waals surface area (Å²) in [5.41, 5.74) is 0.570. The summed E-state index contributed by atoms with van der Waals surface area (Å²) in [6.07, 6.45) is 1.19. The molecular formula is C23H26BrCl3N2O3. The molecule has 0 spiro atoms. The van der Waals surface area contributed by atoms with Crippen LogP contribution in [0.15, 0.2) is 40.9 Å². The summed E-state index contributed by atoms with van der Waals surface area (Å²) in [5, 5.41) is 4.17. The number of hydrogen-bond acceptors (Lipinski definition) is 3. The predicted octanol–water partition coefficient (Wildman–Crippen LogP) is 6.51. The van der Waals surface area contributed by atoms with E-state index < -0.39 is 6.04 Å². The van der Waals surface area contributed by atoms with Crippen molar-refractivity contribution in [1.29, 1.82) is 0 Å². The van der Waals surface area contributed by atoms with E-state index in [1.165, 1.54) is 4.90 Å². The van der Waals surface area contributed by atoms with Crippen LogP contribution in [0.2, 0.25) is 15.1 Å². The van der Waals surface area contributed by atoms with E-state index in [1.807, 2.05) is 20.8 Å². The van der Waals surface area contributed by atoms with Crippen molar-refractivity contribution in [3.63, 3.8) is 0 Å². The molecular weight excluding hydrogens is 539 g/mol. The van der Waals surface area contributed by atoms with Crippen LogP contribution in [0.5, 0.6) is 5.75 Å². The minimum atomic E-state index is -0.715. The zero-order valence-corrected chi connectivity index (χ0v) is 22.0. The van der Waals surface area contributed by atoms with E-state index in [2.05, 4.69) is 21.2 Å². The molecule has 0 saturated heterocycles. The van der Waals surface area contributed by atoms with Gasteiger partial charge in [0, 0.05) is 32.7 Å². The molecule has 32 heavy (non-hydrogen) atoms. The number of benzene rings is 2. The van der Waals surface area contributed by atoms with Crippen molar-refractivity contribution in [3.8, 4) is 5.75 Å². The van der Waals surface area contributed by atoms with Gasteiger partial charge in [0.25, 0.3) is 5.91 Å². The monoisotopic (exact) mass is 562 g/mol. The van der Waals surface area contributed by atoms with Gasteiger partial charge in [-0.05, 0) is 50.1 Å². The number of rotatable bonds is 10. The van der Waals surface area contributed by atoms with Gasteiger partial charge in [-0.25, -0.2) is 0 Å². The van der Waals surface area contributed by atoms with Crippen molar-refractivity contribution in [3.05, 3.63) is 61.5 Å². The lowest BCUT2D eigenvalue weighted by Crippen LogP contribution is -2.51. The van der Waals surface area contributed by atoms with Crippen LogP contribution in [0, 0.1) is 0 Å². The molecule has 2 amide bonds. The van der Waals surface area contributed by atoms with E-state index in [1.54, 1.807) is 36.4 Å². The van der Waals surface area contributed by atoms with Gasteiger partial charge in [-0.1, -0.05) is 70.6 Å². The fourth-order valence-corrected chi connectivity index (χ4v) is 4.27. The third-order valence-electron chi connectivity index (χ3n) is 5.02. The standard InChI is InChI=1S/C23H26BrCl3N2O3/c1-4-14(3)28-23(31)20(5-2)29(12-16-17(25)7-6-8-18(16)26)22(30)13-32-21-10-9-15(24)11-19(21)27/h6-11,14,20H,4-5,12-13H2,1-3H3,(H,28,31)/t14-,20+/m0/s1. The molecule has 0 saturated carbocycles. The maximum absolute atomic E-state index is 13.3. The second kappa shape index (κ2) is 12.7. The van der Waals surface area contributed by atoms with Crippen molar-refractivity contribution >= 4 is 62.5 Å². The molecule has 0 aliphatic rings. The topological polar surface area (TPSA) is 58.6 Å². The van der Waals surface area contributed by atoms with Crippen molar-refractivity contribution < 1.29 is 14.3 Å². The SMILES string of the molecule is CC[C@H](C(=O)N[C@@H](C)CC)N(Cc1c(Cl)cccc1Cl)C(=O)COc1ccc(Br)cc1Cl. The van der Waals surface area contributed by atoms with E-state index in [4.69, 9.17) is 39.5 Å². The van der Waals surface area contributed by atoms with E-state index in [0.29, 0.717) is 32.8 Å². The van der Waals surface area contributed by atoms with Crippen molar-refractivity contribution in [2.75, 3.05) is 6.61 Å². The highest BCUT2D eigenvalue weighted by atomic mass is 79.9. The van der Waals surface area contributed by atoms with Crippen molar-refractivity contribution in [2.24, 2.45) is 0 Å². The van der Waals surface area contributed by atoms with Crippen molar-refractivity contribution in [2.45, 2.75) is 52.2 Å². The molecule has 0 fully saturated rings. The van der Waals surface area contributed by atoms with Crippen LogP contribution in [0.1, 0.15) is 39.2 Å². The average molecular weight is 565 g/mol. The number of carbonyl (C=O) groups excluding carboxylic acids is 2. The third-order valence-corrected chi connectivity index (χ3v) is 6.52. The molecule has 2 aromatic rings. The van der Waals surface area contributed by atoms with Crippen LogP contribution < -0.4 is 10.1 Å². The number of nitrogens with zero attached hydrogens (tertiary/aromatic N) is 1. The van der Waals surface area contributed by atoms with Gasteiger partial charge in [0.1, 0.15) is 11.8 Å². The summed E-state index contributed by atoms with van der Waals surface area (Å²) in [6.45, 7) is 5.52. The number of ether oxygens (including phenoxy) is 1. The molecule has 2 aromatic carbocycles. The van der Waals surface area contributed by atoms with Crippen LogP contribution in [0.3, 0.4) is 0 Å². The zero-order valence-electron chi connectivity index (χ0n) is 18.1. The van der Waals surface area contributed by atoms with E-state index in [0.717, 1.165) is 10.9 Å². The average Bonchev–Trinajstić information content (AvgIpc) is 2.74. The number of carbonyl (C=O) groups is 2. The fourth-order valence-electron chi connectivity index (χ4n) is 3.03. The van der Waals surface area contributed by atoms with E-state index in [9.17, 15) is 9.59 Å². The Morgan fingerprint density at radius 1 is 1.06 bits per heavy atom. The minimum Gasteiger partial charge on any atom is -0.482 e. The first-order chi connectivity index (χ1) is 15.2. The summed E-state index contributed by atoms with van der Waals surface area (Å²) < 4.78 is 6.46. The molecule has 0 heterocycles. The minimum absolute atomic E-state index is 0.0183. The second-order valence-electron chi connectivity index (χ2n) is 7.33. The molecule has 0 unspecified atom stereocenters. The van der Waals surface area contributed by atoms with Crippen LogP contribution in [0.4, 0.5) is 0 Å². The quantitative estimate of drug-likeness (QED) is 0.358. The molecule has 0 aliphatic heterocycles. The maximum atomic E-state index is 13.3. The Kier molecular flexibility index (Phi) is 10.6. The molecule has 1 N–H and O–H groups in total. The number of nitrogens with one attached hydrogen (secondary N) is 1. The Balaban J connectivity index is 2.30. The molecule has 2 atom stereocenters. The van der Waals surface area contributed by atoms with Gasteiger partial charge in [-0.3, -0.25) is 9.59 Å². The number of halogens is 4. The fraction of sp³-hybridized carbons (Fsp3) is 0.391. The lowest BCUT2D eigenvalue weighted by Gasteiger charge is -2.32. The Morgan fingerprint density at radius 2 is 1.72 bits per heavy atom. The van der Waals surface area contributed by atoms with Crippen LogP contribution in [-0.2, 0) is 16.1 Å². The van der Waals surface area contributed by atoms with E-state index >= 15 is 0 Å². The summed E-state index contributed by atoms with van der Waals surface area (Å²) >= 11 is 22.2. The summed E-state index contributed by atoms with van der Waals surface area (Å²) in [5.74, 6) is -0.248. The first-order valence-corrected chi connectivity index (χ1v) is 12.2. The van der Waals surface area contributed by atoms with Gasteiger partial charge < -0.3 is 15.0 Å². The number of amides is 2. The Bertz CT molecular complexity index is 938. The molecule has 0 aliphatic carbocycles. The molecule has 174 valence electrons. The lowest BCUT2D eigenvalue weighted by molar-refractivity contribution is -0.143. The highest BCUT2D eigenvalue weighted by molar-refractivity contribution is 9.10. The predicted molar refractivity (Wildman–Crippen MR) is 134 cm³/mol. The first kappa shape index (κ1) is 26.8. The zero-order chi connectivity index (χ0) is 23.8. The number of hydrogen-bond donors (Lipinski definition) is 1. The highest BCUT2D eigenvalue weighted by Crippen LogP contribution is 2.29. The Morgan fingerprint density at radius 3 is 2.28 bits per heavy atom. The summed E-state index contributed by atoms with van der Waals surface area (Å²) in [4.78, 5) is 27.7. The van der Waals surface area contributed by atoms with Crippen LogP contribution >= 0.6 is 50.7 Å². The first-order valence-electron chi connectivity index (χ1n) is 10.3. The normalized spacial score (nSPS) is 12.7. The van der Waals surface area contributed by atoms with Gasteiger partial charge in [-0.15, -0.1) is 0 Å². The Labute approximate surface area is 212 Å². The lowest BCUT2D eigenvalue weighted by atomic mass is 10.1. The van der Waals surface area contributed by atoms with E-state index in [-0.39, 0.29) is 31.0 Å². The van der Waals surface area contributed by atoms with Gasteiger partial charge in [0.2, 0.25) is 5.91 Å². The van der Waals surface area contributed by atoms with Crippen molar-refractivity contribution in [1.82, 2.24) is 10.2 Å². The van der Waals surface area contributed by atoms with Gasteiger partial charge >= 0.3 is 0 Å². The van der Waals surface area contributed by atoms with Crippen LogP contribution in [-0.4, -0.2) is 35.4 Å². The Hall–Kier alpha value is -1.47. The summed E-state index contributed by atoms with van der Waals surface area (Å²) in [6, 6.07) is 9.50. The smallest absolute Gasteiger partial charge is 0.261 e. The molecule has 0 aromatic heterocycles. The third kappa shape index (κ3) is 7.27. The maximum Gasteiger partial charge on any atom is 0.261 e. The molecule has 0 bridgehead atoms. The summed E-state index contributed by atoms with van der Waals surface area (Å²) in [7, 11) is 0. The molecule has 2 rings (SSSR count). The van der Waals surface area contributed by atoms with Gasteiger partial charge in [0.15, 0.2) is 6.61 Å². The van der Waals surface area contributed by atoms with Gasteiger partial charge in [-0.2, -0.15) is 0 Å². The highest BCUT2D eigenvalue weighted by Gasteiger charge is 2.30. The second-order valence-corrected chi connectivity index (χ2v) is 9.46. The van der Waals surface area contributed by atoms with Gasteiger partial charge in [0.05, 0.1) is 5.02 Å². The van der Waals surface area contributed by atoms with Crippen LogP contribution in [0.25, 0.3) is 0 Å². The largest absolute Gasteiger partial charge is 0.482 e. The molecule has 5 nitrogen and oxygen atoms in total. The molecule has 9 heteroatoms. The molecule has 0 radical (unpaired) electrons.